The van der Waals surface area contributed by atoms with Gasteiger partial charge in [0.05, 0.1) is 27.8 Å². The first kappa shape index (κ1) is 14.1. The van der Waals surface area contributed by atoms with Gasteiger partial charge in [-0.3, -0.25) is 0 Å². The predicted octanol–water partition coefficient (Wildman–Crippen LogP) is 4.19. The van der Waals surface area contributed by atoms with E-state index in [1.54, 1.807) is 0 Å². The summed E-state index contributed by atoms with van der Waals surface area (Å²) in [5.74, 6) is -0.978. The van der Waals surface area contributed by atoms with Gasteiger partial charge in [0.2, 0.25) is 0 Å². The number of hydrogen-bond donors (Lipinski definition) is 0. The lowest BCUT2D eigenvalue weighted by molar-refractivity contribution is -0.137. The highest BCUT2D eigenvalue weighted by Crippen LogP contribution is 2.38. The van der Waals surface area contributed by atoms with Gasteiger partial charge in [0.15, 0.2) is 0 Å². The molecule has 1 rings (SSSR count). The zero-order valence-electron chi connectivity index (χ0n) is 8.57. The number of carbonyl (C=O) groups is 1. The summed E-state index contributed by atoms with van der Waals surface area (Å²) >= 11 is 11.2. The van der Waals surface area contributed by atoms with Crippen molar-refractivity contribution in [1.29, 1.82) is 0 Å². The Labute approximate surface area is 105 Å². The van der Waals surface area contributed by atoms with Gasteiger partial charge in [0, 0.05) is 0 Å². The normalized spacial score (nSPS) is 11.4. The molecule has 0 bridgehead atoms. The second-order valence-corrected chi connectivity index (χ2v) is 3.79. The van der Waals surface area contributed by atoms with Gasteiger partial charge in [-0.2, -0.15) is 13.2 Å². The molecule has 0 saturated heterocycles. The van der Waals surface area contributed by atoms with E-state index in [2.05, 4.69) is 4.74 Å². The summed E-state index contributed by atoms with van der Waals surface area (Å²) in [6, 6.07) is 1.68. The van der Waals surface area contributed by atoms with Gasteiger partial charge in [-0.25, -0.2) is 4.79 Å². The first-order valence-corrected chi connectivity index (χ1v) is 5.27. The molecule has 0 fully saturated rings. The lowest BCUT2D eigenvalue weighted by atomic mass is 10.1. The molecule has 0 unspecified atom stereocenters. The summed E-state index contributed by atoms with van der Waals surface area (Å²) in [5.41, 5.74) is -1.59. The van der Waals surface area contributed by atoms with Crippen molar-refractivity contribution in [3.63, 3.8) is 0 Å². The number of ether oxygens (including phenoxy) is 1. The van der Waals surface area contributed by atoms with Crippen molar-refractivity contribution in [3.05, 3.63) is 33.3 Å². The molecule has 0 aliphatic carbocycles. The molecule has 0 saturated carbocycles. The molecule has 1 aromatic carbocycles. The third-order valence-corrected chi connectivity index (χ3v) is 2.58. The van der Waals surface area contributed by atoms with Crippen LogP contribution in [0.2, 0.25) is 10.0 Å². The minimum absolute atomic E-state index is 0.0156. The summed E-state index contributed by atoms with van der Waals surface area (Å²) in [7, 11) is 0. The smallest absolute Gasteiger partial charge is 0.417 e. The van der Waals surface area contributed by atoms with E-state index >= 15 is 0 Å². The Balaban J connectivity index is 3.35. The molecule has 0 atom stereocenters. The average molecular weight is 287 g/mol. The van der Waals surface area contributed by atoms with Crippen molar-refractivity contribution in [2.45, 2.75) is 13.1 Å². The molecular weight excluding hydrogens is 280 g/mol. The number of carbonyl (C=O) groups excluding carboxylic acids is 1. The van der Waals surface area contributed by atoms with Crippen molar-refractivity contribution < 1.29 is 22.7 Å². The highest BCUT2D eigenvalue weighted by atomic mass is 35.5. The Morgan fingerprint density at radius 3 is 2.41 bits per heavy atom. The van der Waals surface area contributed by atoms with Crippen LogP contribution in [0.3, 0.4) is 0 Å². The van der Waals surface area contributed by atoms with Crippen LogP contribution in [0.1, 0.15) is 22.8 Å². The first-order valence-electron chi connectivity index (χ1n) is 4.51. The minimum Gasteiger partial charge on any atom is -0.462 e. The Hall–Kier alpha value is -0.940. The molecule has 7 heteroatoms. The Morgan fingerprint density at radius 2 is 1.94 bits per heavy atom. The second kappa shape index (κ2) is 5.14. The van der Waals surface area contributed by atoms with Crippen LogP contribution in [0.5, 0.6) is 0 Å². The van der Waals surface area contributed by atoms with Crippen LogP contribution in [0.4, 0.5) is 13.2 Å². The molecule has 0 aliphatic rings. The maximum Gasteiger partial charge on any atom is 0.417 e. The van der Waals surface area contributed by atoms with Gasteiger partial charge in [0.25, 0.3) is 0 Å². The predicted molar refractivity (Wildman–Crippen MR) is 57.4 cm³/mol. The van der Waals surface area contributed by atoms with E-state index in [0.29, 0.717) is 6.07 Å². The van der Waals surface area contributed by atoms with E-state index in [1.807, 2.05) is 0 Å². The third kappa shape index (κ3) is 3.04. The maximum absolute atomic E-state index is 12.5. The summed E-state index contributed by atoms with van der Waals surface area (Å²) < 4.78 is 42.2. The topological polar surface area (TPSA) is 26.3 Å². The van der Waals surface area contributed by atoms with Gasteiger partial charge >= 0.3 is 12.1 Å². The van der Waals surface area contributed by atoms with Crippen molar-refractivity contribution in [2.24, 2.45) is 0 Å². The summed E-state index contributed by atoms with van der Waals surface area (Å²) in [6.45, 7) is 1.54. The van der Waals surface area contributed by atoms with Crippen molar-refractivity contribution in [1.82, 2.24) is 0 Å². The van der Waals surface area contributed by atoms with Gasteiger partial charge in [0.1, 0.15) is 0 Å². The van der Waals surface area contributed by atoms with E-state index in [9.17, 15) is 18.0 Å². The van der Waals surface area contributed by atoms with Crippen LogP contribution in [-0.2, 0) is 10.9 Å². The largest absolute Gasteiger partial charge is 0.462 e. The van der Waals surface area contributed by atoms with Crippen molar-refractivity contribution in [2.75, 3.05) is 6.61 Å². The molecule has 94 valence electrons. The molecule has 2 nitrogen and oxygen atoms in total. The lowest BCUT2D eigenvalue weighted by Crippen LogP contribution is -2.12. The van der Waals surface area contributed by atoms with Crippen molar-refractivity contribution >= 4 is 29.2 Å². The van der Waals surface area contributed by atoms with Gasteiger partial charge in [-0.05, 0) is 19.1 Å². The van der Waals surface area contributed by atoms with Crippen molar-refractivity contribution in [3.8, 4) is 0 Å². The lowest BCUT2D eigenvalue weighted by Gasteiger charge is -2.12. The monoisotopic (exact) mass is 286 g/mol. The van der Waals surface area contributed by atoms with Crippen LogP contribution in [-0.4, -0.2) is 12.6 Å². The number of hydrogen-bond acceptors (Lipinski definition) is 2. The molecule has 0 spiro atoms. The summed E-state index contributed by atoms with van der Waals surface area (Å²) in [6.07, 6.45) is -4.65. The Bertz CT molecular complexity index is 444. The average Bonchev–Trinajstić information content (AvgIpc) is 2.15. The molecule has 0 aromatic heterocycles. The SMILES string of the molecule is CCOC(=O)c1c(Cl)ccc(C(F)(F)F)c1Cl. The van der Waals surface area contributed by atoms with Crippen LogP contribution in [0.15, 0.2) is 12.1 Å². The van der Waals surface area contributed by atoms with E-state index in [1.165, 1.54) is 6.92 Å². The Kier molecular flexibility index (Phi) is 4.27. The number of benzene rings is 1. The molecule has 0 N–H and O–H groups in total. The Morgan fingerprint density at radius 1 is 1.35 bits per heavy atom. The molecule has 0 aliphatic heterocycles. The zero-order chi connectivity index (χ0) is 13.2. The van der Waals surface area contributed by atoms with Crippen LogP contribution < -0.4 is 0 Å². The number of halogens is 5. The molecule has 0 radical (unpaired) electrons. The molecule has 17 heavy (non-hydrogen) atoms. The third-order valence-electron chi connectivity index (χ3n) is 1.88. The molecule has 0 amide bonds. The second-order valence-electron chi connectivity index (χ2n) is 3.00. The summed E-state index contributed by atoms with van der Waals surface area (Å²) in [4.78, 5) is 11.4. The van der Waals surface area contributed by atoms with Crippen LogP contribution >= 0.6 is 23.2 Å². The van der Waals surface area contributed by atoms with E-state index in [-0.39, 0.29) is 11.6 Å². The van der Waals surface area contributed by atoms with E-state index in [0.717, 1.165) is 6.07 Å². The highest BCUT2D eigenvalue weighted by molar-refractivity contribution is 6.39. The maximum atomic E-state index is 12.5. The number of rotatable bonds is 2. The van der Waals surface area contributed by atoms with Gasteiger partial charge in [-0.15, -0.1) is 0 Å². The van der Waals surface area contributed by atoms with Crippen LogP contribution in [0.25, 0.3) is 0 Å². The van der Waals surface area contributed by atoms with Gasteiger partial charge in [-0.1, -0.05) is 23.2 Å². The molecule has 1 aromatic rings. The molecular formula is C10H7Cl2F3O2. The fourth-order valence-corrected chi connectivity index (χ4v) is 1.79. The zero-order valence-corrected chi connectivity index (χ0v) is 10.1. The van der Waals surface area contributed by atoms with Crippen LogP contribution in [0, 0.1) is 0 Å². The van der Waals surface area contributed by atoms with E-state index in [4.69, 9.17) is 23.2 Å². The standard InChI is InChI=1S/C10H7Cl2F3O2/c1-2-17-9(16)7-6(11)4-3-5(8(7)12)10(13,14)15/h3-4H,2H2,1H3. The summed E-state index contributed by atoms with van der Waals surface area (Å²) in [5, 5.41) is -0.926. The number of esters is 1. The van der Waals surface area contributed by atoms with E-state index < -0.39 is 28.3 Å². The minimum atomic E-state index is -4.65. The van der Waals surface area contributed by atoms with Gasteiger partial charge < -0.3 is 4.74 Å². The highest BCUT2D eigenvalue weighted by Gasteiger charge is 2.35. The fourth-order valence-electron chi connectivity index (χ4n) is 1.16. The molecule has 0 heterocycles. The number of alkyl halides is 3. The fraction of sp³-hybridized carbons (Fsp3) is 0.300. The quantitative estimate of drug-likeness (QED) is 0.762. The first-order chi connectivity index (χ1) is 7.79.